The highest BCUT2D eigenvalue weighted by Crippen LogP contribution is 2.15. The van der Waals surface area contributed by atoms with E-state index in [1.165, 1.54) is 24.3 Å². The van der Waals surface area contributed by atoms with Gasteiger partial charge < -0.3 is 10.6 Å². The van der Waals surface area contributed by atoms with E-state index in [1.807, 2.05) is 31.2 Å². The molecule has 0 aliphatic heterocycles. The summed E-state index contributed by atoms with van der Waals surface area (Å²) in [4.78, 5) is 26.2. The molecule has 0 atom stereocenters. The monoisotopic (exact) mass is 413 g/mol. The van der Waals surface area contributed by atoms with Gasteiger partial charge in [0.1, 0.15) is 10.8 Å². The van der Waals surface area contributed by atoms with Gasteiger partial charge in [0, 0.05) is 11.4 Å². The molecule has 1 heterocycles. The van der Waals surface area contributed by atoms with Crippen molar-refractivity contribution < 1.29 is 14.0 Å². The molecule has 0 bridgehead atoms. The number of nitrogens with zero attached hydrogens (tertiary/aromatic N) is 3. The molecule has 0 fully saturated rings. The van der Waals surface area contributed by atoms with Gasteiger partial charge >= 0.3 is 0 Å². The summed E-state index contributed by atoms with van der Waals surface area (Å²) in [5.74, 6) is -0.939. The van der Waals surface area contributed by atoms with Crippen molar-refractivity contribution in [3.63, 3.8) is 0 Å². The van der Waals surface area contributed by atoms with Crippen molar-refractivity contribution in [1.29, 1.82) is 0 Å². The predicted octanol–water partition coefficient (Wildman–Crippen LogP) is 3.31. The van der Waals surface area contributed by atoms with E-state index in [4.69, 9.17) is 0 Å². The topological polar surface area (TPSA) is 87.2 Å². The van der Waals surface area contributed by atoms with Gasteiger partial charge in [0.15, 0.2) is 0 Å². The summed E-state index contributed by atoms with van der Waals surface area (Å²) in [6.07, 6.45) is 0. The van der Waals surface area contributed by atoms with E-state index in [1.54, 1.807) is 11.9 Å². The fraction of sp³-hybridized carbons (Fsp3) is 0.200. The molecule has 0 saturated carbocycles. The number of hydrogen-bond donors (Lipinski definition) is 2. The Labute approximate surface area is 171 Å². The zero-order valence-corrected chi connectivity index (χ0v) is 16.8. The van der Waals surface area contributed by atoms with Gasteiger partial charge in [-0.15, -0.1) is 10.2 Å². The fourth-order valence-electron chi connectivity index (χ4n) is 2.50. The SMILES string of the molecule is Cc1ccc(NC(=O)CN(C)Cc2nnc(C(=O)Nc3ccc(F)cc3)s2)cc1. The van der Waals surface area contributed by atoms with E-state index in [0.717, 1.165) is 22.6 Å². The maximum atomic E-state index is 12.9. The van der Waals surface area contributed by atoms with Gasteiger partial charge in [0.2, 0.25) is 10.9 Å². The second-order valence-corrected chi connectivity index (χ2v) is 7.61. The molecule has 0 aliphatic rings. The summed E-state index contributed by atoms with van der Waals surface area (Å²) in [6, 6.07) is 13.0. The van der Waals surface area contributed by atoms with E-state index in [0.29, 0.717) is 17.2 Å². The largest absolute Gasteiger partial charge is 0.325 e. The van der Waals surface area contributed by atoms with Crippen LogP contribution in [0.15, 0.2) is 48.5 Å². The summed E-state index contributed by atoms with van der Waals surface area (Å²) >= 11 is 1.14. The zero-order valence-electron chi connectivity index (χ0n) is 16.0. The van der Waals surface area contributed by atoms with Gasteiger partial charge in [-0.1, -0.05) is 29.0 Å². The molecule has 7 nitrogen and oxygen atoms in total. The molecular formula is C20H20FN5O2S. The van der Waals surface area contributed by atoms with Crippen LogP contribution in [0.25, 0.3) is 0 Å². The number of aryl methyl sites for hydroxylation is 1. The Hall–Kier alpha value is -3.17. The Bertz CT molecular complexity index is 989. The van der Waals surface area contributed by atoms with Gasteiger partial charge in [-0.2, -0.15) is 0 Å². The third kappa shape index (κ3) is 6.16. The fourth-order valence-corrected chi connectivity index (χ4v) is 3.31. The molecule has 0 radical (unpaired) electrons. The summed E-state index contributed by atoms with van der Waals surface area (Å²) in [7, 11) is 1.79. The van der Waals surface area contributed by atoms with Crippen LogP contribution in [-0.4, -0.2) is 40.5 Å². The summed E-state index contributed by atoms with van der Waals surface area (Å²) in [5.41, 5.74) is 2.33. The van der Waals surface area contributed by atoms with Crippen LogP contribution >= 0.6 is 11.3 Å². The van der Waals surface area contributed by atoms with Gasteiger partial charge in [0.05, 0.1) is 13.1 Å². The van der Waals surface area contributed by atoms with Crippen LogP contribution in [0.4, 0.5) is 15.8 Å². The Morgan fingerprint density at radius 2 is 1.62 bits per heavy atom. The number of aromatic nitrogens is 2. The molecule has 2 N–H and O–H groups in total. The molecule has 0 spiro atoms. The van der Waals surface area contributed by atoms with Gasteiger partial charge in [0.25, 0.3) is 5.91 Å². The first-order valence-electron chi connectivity index (χ1n) is 8.83. The molecule has 29 heavy (non-hydrogen) atoms. The molecule has 9 heteroatoms. The number of anilines is 2. The van der Waals surface area contributed by atoms with E-state index in [9.17, 15) is 14.0 Å². The maximum absolute atomic E-state index is 12.9. The second kappa shape index (κ2) is 9.35. The molecular weight excluding hydrogens is 393 g/mol. The molecule has 1 aromatic heterocycles. The van der Waals surface area contributed by atoms with Crippen LogP contribution < -0.4 is 10.6 Å². The van der Waals surface area contributed by atoms with E-state index >= 15 is 0 Å². The first-order chi connectivity index (χ1) is 13.9. The van der Waals surface area contributed by atoms with Crippen LogP contribution in [0.5, 0.6) is 0 Å². The van der Waals surface area contributed by atoms with Crippen molar-refractivity contribution in [2.45, 2.75) is 13.5 Å². The highest BCUT2D eigenvalue weighted by molar-refractivity contribution is 7.13. The first kappa shape index (κ1) is 20.6. The molecule has 0 unspecified atom stereocenters. The van der Waals surface area contributed by atoms with Crippen molar-refractivity contribution >= 4 is 34.5 Å². The molecule has 3 aromatic rings. The number of carbonyl (C=O) groups excluding carboxylic acids is 2. The number of likely N-dealkylation sites (N-methyl/N-ethyl adjacent to an activating group) is 1. The number of hydrogen-bond acceptors (Lipinski definition) is 6. The van der Waals surface area contributed by atoms with E-state index < -0.39 is 5.91 Å². The Morgan fingerprint density at radius 3 is 2.31 bits per heavy atom. The number of benzene rings is 2. The van der Waals surface area contributed by atoms with Crippen LogP contribution in [0.1, 0.15) is 20.4 Å². The summed E-state index contributed by atoms with van der Waals surface area (Å²) < 4.78 is 12.9. The van der Waals surface area contributed by atoms with Crippen molar-refractivity contribution in [2.24, 2.45) is 0 Å². The Balaban J connectivity index is 1.50. The average Bonchev–Trinajstić information content (AvgIpc) is 3.14. The molecule has 2 amide bonds. The van der Waals surface area contributed by atoms with E-state index in [2.05, 4.69) is 20.8 Å². The minimum atomic E-state index is -0.417. The van der Waals surface area contributed by atoms with E-state index in [-0.39, 0.29) is 23.3 Å². The maximum Gasteiger partial charge on any atom is 0.286 e. The van der Waals surface area contributed by atoms with Gasteiger partial charge in [-0.25, -0.2) is 4.39 Å². The lowest BCUT2D eigenvalue weighted by Crippen LogP contribution is -2.29. The average molecular weight is 413 g/mol. The highest BCUT2D eigenvalue weighted by atomic mass is 32.1. The normalized spacial score (nSPS) is 10.8. The number of carbonyl (C=O) groups is 2. The lowest BCUT2D eigenvalue weighted by molar-refractivity contribution is -0.117. The van der Waals surface area contributed by atoms with Crippen LogP contribution in [0, 0.1) is 12.7 Å². The van der Waals surface area contributed by atoms with Crippen LogP contribution in [0.2, 0.25) is 0 Å². The van der Waals surface area contributed by atoms with Gasteiger partial charge in [-0.05, 0) is 50.4 Å². The quantitative estimate of drug-likeness (QED) is 0.621. The third-order valence-electron chi connectivity index (χ3n) is 3.92. The lowest BCUT2D eigenvalue weighted by atomic mass is 10.2. The third-order valence-corrected chi connectivity index (χ3v) is 4.82. The van der Waals surface area contributed by atoms with Gasteiger partial charge in [-0.3, -0.25) is 14.5 Å². The predicted molar refractivity (Wildman–Crippen MR) is 110 cm³/mol. The zero-order chi connectivity index (χ0) is 20.8. The smallest absolute Gasteiger partial charge is 0.286 e. The molecule has 3 rings (SSSR count). The Kier molecular flexibility index (Phi) is 6.63. The molecule has 0 aliphatic carbocycles. The molecule has 0 saturated heterocycles. The first-order valence-corrected chi connectivity index (χ1v) is 9.65. The highest BCUT2D eigenvalue weighted by Gasteiger charge is 2.15. The van der Waals surface area contributed by atoms with Crippen molar-refractivity contribution in [3.05, 3.63) is 69.9 Å². The second-order valence-electron chi connectivity index (χ2n) is 6.55. The standard InChI is InChI=1S/C20H20FN5O2S/c1-13-3-7-15(8-4-13)22-17(27)11-26(2)12-18-24-25-20(29-18)19(28)23-16-9-5-14(21)6-10-16/h3-10H,11-12H2,1-2H3,(H,22,27)(H,23,28). The van der Waals surface area contributed by atoms with Crippen molar-refractivity contribution in [1.82, 2.24) is 15.1 Å². The van der Waals surface area contributed by atoms with Crippen LogP contribution in [-0.2, 0) is 11.3 Å². The minimum Gasteiger partial charge on any atom is -0.325 e. The number of halogens is 1. The lowest BCUT2D eigenvalue weighted by Gasteiger charge is -2.14. The summed E-state index contributed by atoms with van der Waals surface area (Å²) in [5, 5.41) is 14.2. The minimum absolute atomic E-state index is 0.143. The van der Waals surface area contributed by atoms with Crippen LogP contribution in [0.3, 0.4) is 0 Å². The Morgan fingerprint density at radius 1 is 1.00 bits per heavy atom. The van der Waals surface area contributed by atoms with Crippen molar-refractivity contribution in [3.8, 4) is 0 Å². The molecule has 2 aromatic carbocycles. The number of amides is 2. The molecule has 150 valence electrons. The number of nitrogens with one attached hydrogen (secondary N) is 2. The number of rotatable bonds is 7. The van der Waals surface area contributed by atoms with Crippen molar-refractivity contribution in [2.75, 3.05) is 24.2 Å². The summed E-state index contributed by atoms with van der Waals surface area (Å²) in [6.45, 7) is 2.53.